The van der Waals surface area contributed by atoms with Gasteiger partial charge in [-0.1, -0.05) is 47.8 Å². The summed E-state index contributed by atoms with van der Waals surface area (Å²) in [4.78, 5) is 17.1. The van der Waals surface area contributed by atoms with Gasteiger partial charge in [0.05, 0.1) is 17.6 Å². The van der Waals surface area contributed by atoms with Gasteiger partial charge >= 0.3 is 0 Å². The average molecular weight is 510 g/mol. The first kappa shape index (κ1) is 25.1. The van der Waals surface area contributed by atoms with E-state index in [0.29, 0.717) is 30.3 Å². The monoisotopic (exact) mass is 509 g/mol. The van der Waals surface area contributed by atoms with Crippen LogP contribution in [0.2, 0.25) is 10.0 Å². The second-order valence-electron chi connectivity index (χ2n) is 8.50. The molecule has 0 bridgehead atoms. The first-order chi connectivity index (χ1) is 17.0. The lowest BCUT2D eigenvalue weighted by molar-refractivity contribution is 0.0953. The molecule has 0 saturated heterocycles. The van der Waals surface area contributed by atoms with Gasteiger partial charge in [0.2, 0.25) is 0 Å². The molecular weight excluding hydrogens is 481 g/mol. The van der Waals surface area contributed by atoms with Crippen LogP contribution in [-0.2, 0) is 13.0 Å². The van der Waals surface area contributed by atoms with E-state index < -0.39 is 0 Å². The molecule has 1 amide bonds. The molecule has 0 atom stereocenters. The van der Waals surface area contributed by atoms with Crippen LogP contribution >= 0.6 is 23.2 Å². The Hall–Kier alpha value is -3.02. The Kier molecular flexibility index (Phi) is 8.67. The van der Waals surface area contributed by atoms with E-state index in [1.165, 1.54) is 0 Å². The van der Waals surface area contributed by atoms with Crippen LogP contribution in [-0.4, -0.2) is 28.6 Å². The summed E-state index contributed by atoms with van der Waals surface area (Å²) in [7, 11) is 0. The largest absolute Gasteiger partial charge is 0.492 e. The summed E-state index contributed by atoms with van der Waals surface area (Å²) in [6.45, 7) is 3.87. The van der Waals surface area contributed by atoms with Gasteiger partial charge in [-0.15, -0.1) is 0 Å². The maximum absolute atomic E-state index is 12.2. The van der Waals surface area contributed by atoms with Crippen LogP contribution in [0.15, 0.2) is 66.7 Å². The highest BCUT2D eigenvalue weighted by atomic mass is 35.5. The summed E-state index contributed by atoms with van der Waals surface area (Å²) < 4.78 is 8.24. The molecule has 35 heavy (non-hydrogen) atoms. The lowest BCUT2D eigenvalue weighted by Gasteiger charge is -2.12. The number of nitrogens with zero attached hydrogens (tertiary/aromatic N) is 2. The molecule has 0 aliphatic carbocycles. The topological polar surface area (TPSA) is 56.1 Å². The number of imidazole rings is 1. The molecule has 0 unspecified atom stereocenters. The van der Waals surface area contributed by atoms with Crippen molar-refractivity contribution in [2.45, 2.75) is 39.2 Å². The second kappa shape index (κ2) is 12.1. The summed E-state index contributed by atoms with van der Waals surface area (Å²) in [5.41, 5.74) is 3.70. The van der Waals surface area contributed by atoms with Crippen molar-refractivity contribution in [2.24, 2.45) is 0 Å². The van der Waals surface area contributed by atoms with E-state index in [1.807, 2.05) is 43.3 Å². The van der Waals surface area contributed by atoms with Crippen molar-refractivity contribution >= 4 is 40.1 Å². The molecule has 182 valence electrons. The minimum absolute atomic E-state index is 0.0924. The number of amides is 1. The van der Waals surface area contributed by atoms with Crippen molar-refractivity contribution in [3.63, 3.8) is 0 Å². The van der Waals surface area contributed by atoms with Gasteiger partial charge in [0, 0.05) is 28.6 Å². The first-order valence-electron chi connectivity index (χ1n) is 11.9. The third-order valence-corrected chi connectivity index (χ3v) is 6.56. The minimum atomic E-state index is -0.0924. The molecule has 4 rings (SSSR count). The number of benzene rings is 3. The van der Waals surface area contributed by atoms with E-state index >= 15 is 0 Å². The van der Waals surface area contributed by atoms with E-state index in [4.69, 9.17) is 32.9 Å². The maximum atomic E-state index is 12.2. The van der Waals surface area contributed by atoms with Crippen molar-refractivity contribution in [3.8, 4) is 5.75 Å². The predicted molar refractivity (Wildman–Crippen MR) is 143 cm³/mol. The smallest absolute Gasteiger partial charge is 0.251 e. The van der Waals surface area contributed by atoms with E-state index in [1.54, 1.807) is 24.3 Å². The zero-order valence-corrected chi connectivity index (χ0v) is 21.3. The number of hydrogen-bond acceptors (Lipinski definition) is 3. The Labute approximate surface area is 216 Å². The number of halogens is 2. The molecule has 0 radical (unpaired) electrons. The van der Waals surface area contributed by atoms with Crippen LogP contribution in [0.25, 0.3) is 11.0 Å². The van der Waals surface area contributed by atoms with Crippen LogP contribution in [0.1, 0.15) is 41.0 Å². The van der Waals surface area contributed by atoms with Gasteiger partial charge in [-0.3, -0.25) is 4.79 Å². The molecule has 7 heteroatoms. The Balaban J connectivity index is 1.28. The number of para-hydroxylation sites is 2. The number of rotatable bonds is 11. The van der Waals surface area contributed by atoms with E-state index in [9.17, 15) is 4.79 Å². The van der Waals surface area contributed by atoms with E-state index in [0.717, 1.165) is 58.9 Å². The highest BCUT2D eigenvalue weighted by Crippen LogP contribution is 2.22. The molecule has 0 spiro atoms. The quantitative estimate of drug-likeness (QED) is 0.224. The standard InChI is InChI=1S/C28H29Cl2N3O2/c1-20-18-23(13-14-24(20)30)35-17-16-33-26-11-5-4-10-25(26)32-27(33)12-3-2-6-15-31-28(34)21-8-7-9-22(29)19-21/h4-5,7-11,13-14,18-19H,2-3,6,12,15-17H2,1H3,(H,31,34). The minimum Gasteiger partial charge on any atom is -0.492 e. The molecule has 0 aliphatic rings. The van der Waals surface area contributed by atoms with Crippen molar-refractivity contribution < 1.29 is 9.53 Å². The number of carbonyl (C=O) groups excluding carboxylic acids is 1. The Morgan fingerprint density at radius 1 is 1.00 bits per heavy atom. The molecule has 0 fully saturated rings. The molecule has 1 N–H and O–H groups in total. The highest BCUT2D eigenvalue weighted by Gasteiger charge is 2.11. The van der Waals surface area contributed by atoms with Crippen molar-refractivity contribution in [1.29, 1.82) is 0 Å². The number of ether oxygens (including phenoxy) is 1. The van der Waals surface area contributed by atoms with Crippen molar-refractivity contribution in [1.82, 2.24) is 14.9 Å². The third-order valence-electron chi connectivity index (χ3n) is 5.90. The van der Waals surface area contributed by atoms with Gasteiger partial charge in [-0.05, 0) is 73.9 Å². The van der Waals surface area contributed by atoms with Crippen LogP contribution in [0.5, 0.6) is 5.75 Å². The maximum Gasteiger partial charge on any atom is 0.251 e. The molecule has 0 saturated carbocycles. The molecule has 1 aromatic heterocycles. The Morgan fingerprint density at radius 2 is 1.86 bits per heavy atom. The normalized spacial score (nSPS) is 11.1. The summed E-state index contributed by atoms with van der Waals surface area (Å²) in [5, 5.41) is 4.27. The second-order valence-corrected chi connectivity index (χ2v) is 9.35. The van der Waals surface area contributed by atoms with Crippen LogP contribution < -0.4 is 10.1 Å². The fourth-order valence-electron chi connectivity index (χ4n) is 4.05. The first-order valence-corrected chi connectivity index (χ1v) is 12.6. The molecule has 1 heterocycles. The van der Waals surface area contributed by atoms with Gasteiger partial charge in [-0.2, -0.15) is 0 Å². The average Bonchev–Trinajstić information content (AvgIpc) is 3.20. The molecule has 3 aromatic carbocycles. The predicted octanol–water partition coefficient (Wildman–Crippen LogP) is 6.87. The molecular formula is C28H29Cl2N3O2. The molecule has 0 aliphatic heterocycles. The number of unbranched alkanes of at least 4 members (excludes halogenated alkanes) is 2. The third kappa shape index (κ3) is 6.77. The van der Waals surface area contributed by atoms with Gasteiger partial charge < -0.3 is 14.6 Å². The Morgan fingerprint density at radius 3 is 2.69 bits per heavy atom. The van der Waals surface area contributed by atoms with E-state index in [2.05, 4.69) is 16.0 Å². The van der Waals surface area contributed by atoms with Crippen molar-refractivity contribution in [3.05, 3.63) is 93.7 Å². The van der Waals surface area contributed by atoms with Crippen LogP contribution in [0.3, 0.4) is 0 Å². The van der Waals surface area contributed by atoms with E-state index in [-0.39, 0.29) is 5.91 Å². The molecule has 5 nitrogen and oxygen atoms in total. The van der Waals surface area contributed by atoms with Gasteiger partial charge in [-0.25, -0.2) is 4.98 Å². The number of hydrogen-bond donors (Lipinski definition) is 1. The summed E-state index contributed by atoms with van der Waals surface area (Å²) in [5.74, 6) is 1.79. The number of carbonyl (C=O) groups is 1. The SMILES string of the molecule is Cc1cc(OCCn2c(CCCCCNC(=O)c3cccc(Cl)c3)nc3ccccc32)ccc1Cl. The fraction of sp³-hybridized carbons (Fsp3) is 0.286. The van der Waals surface area contributed by atoms with Gasteiger partial charge in [0.25, 0.3) is 5.91 Å². The number of nitrogens with one attached hydrogen (secondary N) is 1. The summed E-state index contributed by atoms with van der Waals surface area (Å²) >= 11 is 12.1. The number of aromatic nitrogens is 2. The number of aryl methyl sites for hydroxylation is 2. The Bertz CT molecular complexity index is 1300. The fourth-order valence-corrected chi connectivity index (χ4v) is 4.35. The van der Waals surface area contributed by atoms with Crippen molar-refractivity contribution in [2.75, 3.05) is 13.2 Å². The lowest BCUT2D eigenvalue weighted by atomic mass is 10.1. The summed E-state index contributed by atoms with van der Waals surface area (Å²) in [6, 6.07) is 20.9. The van der Waals surface area contributed by atoms with Gasteiger partial charge in [0.1, 0.15) is 18.2 Å². The van der Waals surface area contributed by atoms with Gasteiger partial charge in [0.15, 0.2) is 0 Å². The highest BCUT2D eigenvalue weighted by molar-refractivity contribution is 6.31. The molecule has 4 aromatic rings. The number of fused-ring (bicyclic) bond motifs is 1. The zero-order chi connectivity index (χ0) is 24.6. The zero-order valence-electron chi connectivity index (χ0n) is 19.8. The summed E-state index contributed by atoms with van der Waals surface area (Å²) in [6.07, 6.45) is 3.77. The van der Waals surface area contributed by atoms with Crippen LogP contribution in [0, 0.1) is 6.92 Å². The lowest BCUT2D eigenvalue weighted by Crippen LogP contribution is -2.24. The van der Waals surface area contributed by atoms with Crippen LogP contribution in [0.4, 0.5) is 0 Å².